The Morgan fingerprint density at radius 2 is 1.36 bits per heavy atom. The van der Waals surface area contributed by atoms with Crippen LogP contribution in [0.25, 0.3) is 0 Å². The molecule has 0 rings (SSSR count). The summed E-state index contributed by atoms with van der Waals surface area (Å²) in [5.74, 6) is 0. The molecule has 1 nitrogen and oxygen atoms in total. The molecule has 0 aromatic rings. The summed E-state index contributed by atoms with van der Waals surface area (Å²) in [4.78, 5) is 0. The lowest BCUT2D eigenvalue weighted by atomic mass is 11.1. The quantitative estimate of drug-likeness (QED) is 0.560. The van der Waals surface area contributed by atoms with Crippen LogP contribution in [0.1, 0.15) is 0 Å². The zero-order chi connectivity index (χ0) is 11.4. The summed E-state index contributed by atoms with van der Waals surface area (Å²) in [5, 5.41) is 0. The minimum atomic E-state index is -4.76. The van der Waals surface area contributed by atoms with Gasteiger partial charge in [-0.25, -0.2) is 0 Å². The standard InChI is InChI=1S/C5H4F6OS2/c1-12-2-3(13-4(6,7)8)14-5(9,10)11/h2H,1H3. The Kier molecular flexibility index (Phi) is 4.99. The van der Waals surface area contributed by atoms with Crippen molar-refractivity contribution >= 4 is 23.5 Å². The Morgan fingerprint density at radius 3 is 1.57 bits per heavy atom. The van der Waals surface area contributed by atoms with E-state index in [1.165, 1.54) is 0 Å². The van der Waals surface area contributed by atoms with E-state index in [1.807, 2.05) is 0 Å². The van der Waals surface area contributed by atoms with Gasteiger partial charge in [0, 0.05) is 0 Å². The number of rotatable bonds is 3. The molecule has 0 radical (unpaired) electrons. The van der Waals surface area contributed by atoms with Gasteiger partial charge >= 0.3 is 11.0 Å². The average Bonchev–Trinajstić information content (AvgIpc) is 1.78. The highest BCUT2D eigenvalue weighted by atomic mass is 32.2. The van der Waals surface area contributed by atoms with Crippen molar-refractivity contribution in [1.82, 2.24) is 0 Å². The summed E-state index contributed by atoms with van der Waals surface area (Å²) in [6.45, 7) is 0. The molecule has 0 aliphatic carbocycles. The van der Waals surface area contributed by atoms with Gasteiger partial charge < -0.3 is 4.74 Å². The van der Waals surface area contributed by atoms with Crippen LogP contribution in [-0.4, -0.2) is 18.1 Å². The molecule has 0 amide bonds. The number of hydrogen-bond acceptors (Lipinski definition) is 3. The molecule has 0 heterocycles. The van der Waals surface area contributed by atoms with E-state index in [2.05, 4.69) is 4.74 Å². The molecule has 0 unspecified atom stereocenters. The summed E-state index contributed by atoms with van der Waals surface area (Å²) in [5.41, 5.74) is -9.52. The minimum Gasteiger partial charge on any atom is -0.503 e. The number of hydrogen-bond donors (Lipinski definition) is 0. The van der Waals surface area contributed by atoms with Crippen molar-refractivity contribution in [2.45, 2.75) is 11.0 Å². The topological polar surface area (TPSA) is 9.23 Å². The van der Waals surface area contributed by atoms with Crippen LogP contribution in [-0.2, 0) is 4.74 Å². The Labute approximate surface area is 83.9 Å². The molecular weight excluding hydrogens is 254 g/mol. The van der Waals surface area contributed by atoms with Gasteiger partial charge in [0.1, 0.15) is 6.26 Å². The van der Waals surface area contributed by atoms with Crippen LogP contribution in [0.15, 0.2) is 10.5 Å². The molecule has 0 fully saturated rings. The molecule has 9 heteroatoms. The number of methoxy groups -OCH3 is 1. The van der Waals surface area contributed by atoms with Crippen LogP contribution in [0.4, 0.5) is 26.3 Å². The third-order valence-electron chi connectivity index (χ3n) is 0.647. The summed E-state index contributed by atoms with van der Waals surface area (Å²) in [7, 11) is 0.966. The van der Waals surface area contributed by atoms with E-state index in [0.717, 1.165) is 7.11 Å². The first-order valence-electron chi connectivity index (χ1n) is 2.88. The van der Waals surface area contributed by atoms with Gasteiger partial charge in [0.2, 0.25) is 0 Å². The van der Waals surface area contributed by atoms with Crippen molar-refractivity contribution in [3.63, 3.8) is 0 Å². The maximum Gasteiger partial charge on any atom is 0.447 e. The van der Waals surface area contributed by atoms with Crippen molar-refractivity contribution in [2.24, 2.45) is 0 Å². The van der Waals surface area contributed by atoms with Gasteiger partial charge in [-0.15, -0.1) is 0 Å². The van der Waals surface area contributed by atoms with Crippen LogP contribution in [0, 0.1) is 0 Å². The average molecular weight is 258 g/mol. The second-order valence-corrected chi connectivity index (χ2v) is 4.24. The second-order valence-electron chi connectivity index (χ2n) is 1.77. The van der Waals surface area contributed by atoms with Crippen LogP contribution in [0.5, 0.6) is 0 Å². The Hall–Kier alpha value is -0.180. The van der Waals surface area contributed by atoms with Gasteiger partial charge in [-0.3, -0.25) is 0 Å². The smallest absolute Gasteiger partial charge is 0.447 e. The highest BCUT2D eigenvalue weighted by Crippen LogP contribution is 2.47. The molecule has 84 valence electrons. The summed E-state index contributed by atoms with van der Waals surface area (Å²) >= 11 is -1.74. The number of alkyl halides is 6. The summed E-state index contributed by atoms with van der Waals surface area (Å²) < 4.78 is 73.2. The van der Waals surface area contributed by atoms with E-state index in [1.54, 1.807) is 0 Å². The highest BCUT2D eigenvalue weighted by Gasteiger charge is 2.37. The number of ether oxygens (including phenoxy) is 1. The molecule has 0 aliphatic heterocycles. The number of halogens is 6. The first-order valence-corrected chi connectivity index (χ1v) is 4.52. The van der Waals surface area contributed by atoms with E-state index in [4.69, 9.17) is 0 Å². The van der Waals surface area contributed by atoms with Crippen molar-refractivity contribution in [2.75, 3.05) is 7.11 Å². The third kappa shape index (κ3) is 8.42. The monoisotopic (exact) mass is 258 g/mol. The summed E-state index contributed by atoms with van der Waals surface area (Å²) in [6, 6.07) is 0. The van der Waals surface area contributed by atoms with Gasteiger partial charge in [0.15, 0.2) is 0 Å². The lowest BCUT2D eigenvalue weighted by Crippen LogP contribution is -2.04. The van der Waals surface area contributed by atoms with Crippen LogP contribution in [0.3, 0.4) is 0 Å². The van der Waals surface area contributed by atoms with Crippen molar-refractivity contribution in [3.05, 3.63) is 10.5 Å². The lowest BCUT2D eigenvalue weighted by molar-refractivity contribution is -0.0328. The molecule has 0 aliphatic rings. The van der Waals surface area contributed by atoms with Crippen LogP contribution in [0.2, 0.25) is 0 Å². The van der Waals surface area contributed by atoms with E-state index in [0.29, 0.717) is 6.26 Å². The fourth-order valence-corrected chi connectivity index (χ4v) is 1.87. The van der Waals surface area contributed by atoms with Crippen molar-refractivity contribution in [1.29, 1.82) is 0 Å². The fraction of sp³-hybridized carbons (Fsp3) is 0.600. The van der Waals surface area contributed by atoms with Gasteiger partial charge in [-0.2, -0.15) is 26.3 Å². The van der Waals surface area contributed by atoms with Crippen molar-refractivity contribution < 1.29 is 31.1 Å². The first-order chi connectivity index (χ1) is 6.14. The molecule has 0 atom stereocenters. The fourth-order valence-electron chi connectivity index (χ4n) is 0.393. The molecule has 0 aromatic heterocycles. The third-order valence-corrected chi connectivity index (χ3v) is 2.20. The molecule has 14 heavy (non-hydrogen) atoms. The van der Waals surface area contributed by atoms with Gasteiger partial charge in [-0.05, 0) is 23.5 Å². The molecular formula is C5H4F6OS2. The zero-order valence-corrected chi connectivity index (χ0v) is 8.20. The molecule has 0 saturated heterocycles. The molecule has 0 spiro atoms. The zero-order valence-electron chi connectivity index (χ0n) is 6.57. The Bertz CT molecular complexity index is 189. The molecule has 0 saturated carbocycles. The Balaban J connectivity index is 4.41. The predicted octanol–water partition coefficient (Wildman–Crippen LogP) is 3.94. The largest absolute Gasteiger partial charge is 0.503 e. The van der Waals surface area contributed by atoms with Crippen LogP contribution >= 0.6 is 23.5 Å². The maximum absolute atomic E-state index is 11.7. The Morgan fingerprint density at radius 1 is 1.00 bits per heavy atom. The van der Waals surface area contributed by atoms with Crippen LogP contribution < -0.4 is 0 Å². The van der Waals surface area contributed by atoms with Gasteiger partial charge in [-0.1, -0.05) is 0 Å². The van der Waals surface area contributed by atoms with Gasteiger partial charge in [0.05, 0.1) is 11.3 Å². The number of thioether (sulfide) groups is 2. The summed E-state index contributed by atoms with van der Waals surface area (Å²) in [6.07, 6.45) is 0.399. The minimum absolute atomic E-state index is 0.399. The highest BCUT2D eigenvalue weighted by molar-refractivity contribution is 8.22. The maximum atomic E-state index is 11.7. The lowest BCUT2D eigenvalue weighted by Gasteiger charge is -2.10. The molecule has 0 aromatic carbocycles. The van der Waals surface area contributed by atoms with Gasteiger partial charge in [0.25, 0.3) is 0 Å². The van der Waals surface area contributed by atoms with E-state index < -0.39 is 38.8 Å². The molecule has 0 bridgehead atoms. The normalized spacial score (nSPS) is 12.5. The second kappa shape index (κ2) is 5.06. The van der Waals surface area contributed by atoms with E-state index in [9.17, 15) is 26.3 Å². The predicted molar refractivity (Wildman–Crippen MR) is 42.4 cm³/mol. The van der Waals surface area contributed by atoms with Crippen molar-refractivity contribution in [3.8, 4) is 0 Å². The first kappa shape index (κ1) is 13.8. The van der Waals surface area contributed by atoms with E-state index in [-0.39, 0.29) is 0 Å². The van der Waals surface area contributed by atoms with E-state index >= 15 is 0 Å². The molecule has 0 N–H and O–H groups in total. The SMILES string of the molecule is COC=C(SC(F)(F)F)SC(F)(F)F.